The number of aromatic nitrogens is 2. The van der Waals surface area contributed by atoms with Crippen LogP contribution in [0.5, 0.6) is 0 Å². The summed E-state index contributed by atoms with van der Waals surface area (Å²) < 4.78 is 5.29. The Bertz CT molecular complexity index is 286. The van der Waals surface area contributed by atoms with E-state index >= 15 is 0 Å². The fourth-order valence-corrected chi connectivity index (χ4v) is 1.26. The molecule has 0 amide bonds. The van der Waals surface area contributed by atoms with Gasteiger partial charge in [0.1, 0.15) is 5.38 Å². The van der Waals surface area contributed by atoms with Crippen molar-refractivity contribution in [2.75, 3.05) is 11.9 Å². The third-order valence-corrected chi connectivity index (χ3v) is 2.20. The predicted molar refractivity (Wildman–Crippen MR) is 61.1 cm³/mol. The van der Waals surface area contributed by atoms with Crippen molar-refractivity contribution in [3.63, 3.8) is 0 Å². The Morgan fingerprint density at radius 2 is 2.07 bits per heavy atom. The summed E-state index contributed by atoms with van der Waals surface area (Å²) in [6.45, 7) is 7.08. The molecule has 0 aliphatic carbocycles. The minimum absolute atomic E-state index is 0.233. The number of nitrogens with one attached hydrogen (secondary N) is 1. The molecule has 1 heterocycles. The first-order valence-electron chi connectivity index (χ1n) is 5.31. The first kappa shape index (κ1) is 12.3. The average molecular weight is 232 g/mol. The van der Waals surface area contributed by atoms with Crippen molar-refractivity contribution < 1.29 is 4.42 Å². The van der Waals surface area contributed by atoms with Gasteiger partial charge in [0.2, 0.25) is 5.89 Å². The van der Waals surface area contributed by atoms with Gasteiger partial charge in [-0.05, 0) is 25.7 Å². The van der Waals surface area contributed by atoms with E-state index in [2.05, 4.69) is 29.4 Å². The van der Waals surface area contributed by atoms with E-state index in [1.54, 1.807) is 6.92 Å². The lowest BCUT2D eigenvalue weighted by Crippen LogP contribution is -2.03. The summed E-state index contributed by atoms with van der Waals surface area (Å²) >= 11 is 5.80. The van der Waals surface area contributed by atoms with Crippen LogP contribution in [-0.2, 0) is 0 Å². The summed E-state index contributed by atoms with van der Waals surface area (Å²) in [6, 6.07) is 0.459. The molecule has 5 heteroatoms. The van der Waals surface area contributed by atoms with Crippen LogP contribution in [0.1, 0.15) is 44.9 Å². The molecular formula is C10H18ClN3O. The summed E-state index contributed by atoms with van der Waals surface area (Å²) in [6.07, 6.45) is 2.30. The van der Waals surface area contributed by atoms with Crippen molar-refractivity contribution in [1.29, 1.82) is 0 Å². The van der Waals surface area contributed by atoms with Crippen LogP contribution in [-0.4, -0.2) is 16.7 Å². The molecule has 1 atom stereocenters. The van der Waals surface area contributed by atoms with Gasteiger partial charge in [-0.3, -0.25) is 0 Å². The molecule has 4 nitrogen and oxygen atoms in total. The second-order valence-corrected chi connectivity index (χ2v) is 4.68. The van der Waals surface area contributed by atoms with Gasteiger partial charge in [-0.15, -0.1) is 16.7 Å². The third kappa shape index (κ3) is 4.51. The van der Waals surface area contributed by atoms with E-state index in [9.17, 15) is 0 Å². The molecule has 0 fully saturated rings. The second-order valence-electron chi connectivity index (χ2n) is 4.02. The molecule has 0 radical (unpaired) electrons. The van der Waals surface area contributed by atoms with Crippen LogP contribution in [0.3, 0.4) is 0 Å². The van der Waals surface area contributed by atoms with E-state index in [0.717, 1.165) is 18.9 Å². The van der Waals surface area contributed by atoms with Crippen LogP contribution in [0.25, 0.3) is 0 Å². The normalized spacial score (nSPS) is 13.1. The van der Waals surface area contributed by atoms with Gasteiger partial charge < -0.3 is 9.73 Å². The maximum absolute atomic E-state index is 5.80. The largest absolute Gasteiger partial charge is 0.407 e. The van der Waals surface area contributed by atoms with E-state index in [1.807, 2.05) is 0 Å². The first-order valence-corrected chi connectivity index (χ1v) is 5.74. The fourth-order valence-electron chi connectivity index (χ4n) is 1.17. The van der Waals surface area contributed by atoms with Gasteiger partial charge >= 0.3 is 6.01 Å². The molecule has 1 rings (SSSR count). The Hall–Kier alpha value is -0.770. The molecule has 86 valence electrons. The molecule has 1 unspecified atom stereocenters. The highest BCUT2D eigenvalue weighted by atomic mass is 35.5. The van der Waals surface area contributed by atoms with Crippen LogP contribution in [0.4, 0.5) is 6.01 Å². The van der Waals surface area contributed by atoms with Gasteiger partial charge in [0, 0.05) is 6.54 Å². The predicted octanol–water partition coefficient (Wildman–Crippen LogP) is 3.22. The molecule has 1 aromatic rings. The first-order chi connectivity index (χ1) is 7.09. The lowest BCUT2D eigenvalue weighted by atomic mass is 10.1. The number of hydrogen-bond donors (Lipinski definition) is 1. The highest BCUT2D eigenvalue weighted by Crippen LogP contribution is 2.19. The number of alkyl halides is 1. The minimum atomic E-state index is -0.233. The minimum Gasteiger partial charge on any atom is -0.407 e. The van der Waals surface area contributed by atoms with Gasteiger partial charge in [0.25, 0.3) is 0 Å². The topological polar surface area (TPSA) is 51.0 Å². The quantitative estimate of drug-likeness (QED) is 0.603. The molecule has 1 aromatic heterocycles. The Labute approximate surface area is 95.4 Å². The average Bonchev–Trinajstić information content (AvgIpc) is 2.60. The summed E-state index contributed by atoms with van der Waals surface area (Å²) in [5, 5.41) is 10.5. The third-order valence-electron chi connectivity index (χ3n) is 2.02. The molecule has 0 saturated heterocycles. The van der Waals surface area contributed by atoms with E-state index in [1.165, 1.54) is 6.42 Å². The standard InChI is InChI=1S/C10H18ClN3O/c1-7(2)5-4-6-12-10-14-13-9(15-10)8(3)11/h7-8H,4-6H2,1-3H3,(H,12,14). The maximum atomic E-state index is 5.80. The number of halogens is 1. The molecule has 1 N–H and O–H groups in total. The van der Waals surface area contributed by atoms with E-state index in [-0.39, 0.29) is 5.38 Å². The van der Waals surface area contributed by atoms with Gasteiger partial charge in [-0.2, -0.15) is 0 Å². The Balaban J connectivity index is 2.26. The maximum Gasteiger partial charge on any atom is 0.315 e. The molecule has 15 heavy (non-hydrogen) atoms. The lowest BCUT2D eigenvalue weighted by molar-refractivity contribution is 0.501. The summed E-state index contributed by atoms with van der Waals surface area (Å²) in [5.74, 6) is 1.19. The zero-order valence-electron chi connectivity index (χ0n) is 9.46. The summed E-state index contributed by atoms with van der Waals surface area (Å²) in [7, 11) is 0. The van der Waals surface area contributed by atoms with Crippen molar-refractivity contribution in [3.05, 3.63) is 5.89 Å². The van der Waals surface area contributed by atoms with E-state index in [0.29, 0.717) is 11.9 Å². The SMILES string of the molecule is CC(C)CCCNc1nnc(C(C)Cl)o1. The number of nitrogens with zero attached hydrogens (tertiary/aromatic N) is 2. The van der Waals surface area contributed by atoms with Gasteiger partial charge in [-0.1, -0.05) is 18.9 Å². The van der Waals surface area contributed by atoms with Crippen LogP contribution in [0, 0.1) is 5.92 Å². The zero-order valence-corrected chi connectivity index (χ0v) is 10.2. The van der Waals surface area contributed by atoms with Crippen molar-refractivity contribution >= 4 is 17.6 Å². The highest BCUT2D eigenvalue weighted by molar-refractivity contribution is 6.20. The Morgan fingerprint density at radius 3 is 2.60 bits per heavy atom. The van der Waals surface area contributed by atoms with Gasteiger partial charge in [0.05, 0.1) is 0 Å². The van der Waals surface area contributed by atoms with Crippen molar-refractivity contribution in [1.82, 2.24) is 10.2 Å². The lowest BCUT2D eigenvalue weighted by Gasteiger charge is -2.03. The van der Waals surface area contributed by atoms with Crippen LogP contribution in [0.15, 0.2) is 4.42 Å². The van der Waals surface area contributed by atoms with Gasteiger partial charge in [0.15, 0.2) is 0 Å². The summed E-state index contributed by atoms with van der Waals surface area (Å²) in [4.78, 5) is 0. The Kier molecular flexibility index (Phi) is 4.88. The Morgan fingerprint density at radius 1 is 1.33 bits per heavy atom. The van der Waals surface area contributed by atoms with Crippen LogP contribution in [0.2, 0.25) is 0 Å². The molecule has 0 aliphatic rings. The van der Waals surface area contributed by atoms with Gasteiger partial charge in [-0.25, -0.2) is 0 Å². The summed E-state index contributed by atoms with van der Waals surface area (Å²) in [5.41, 5.74) is 0. The van der Waals surface area contributed by atoms with E-state index < -0.39 is 0 Å². The molecule has 0 saturated carbocycles. The number of hydrogen-bond acceptors (Lipinski definition) is 4. The van der Waals surface area contributed by atoms with Crippen molar-refractivity contribution in [2.24, 2.45) is 5.92 Å². The zero-order chi connectivity index (χ0) is 11.3. The smallest absolute Gasteiger partial charge is 0.315 e. The second kappa shape index (κ2) is 5.95. The van der Waals surface area contributed by atoms with Crippen molar-refractivity contribution in [3.8, 4) is 0 Å². The molecule has 0 bridgehead atoms. The number of anilines is 1. The monoisotopic (exact) mass is 231 g/mol. The molecule has 0 aliphatic heterocycles. The fraction of sp³-hybridized carbons (Fsp3) is 0.800. The molecule has 0 aromatic carbocycles. The molecule has 0 spiro atoms. The van der Waals surface area contributed by atoms with Crippen LogP contribution >= 0.6 is 11.6 Å². The van der Waals surface area contributed by atoms with Crippen LogP contribution < -0.4 is 5.32 Å². The van der Waals surface area contributed by atoms with Crippen molar-refractivity contribution in [2.45, 2.75) is 39.0 Å². The molecular weight excluding hydrogens is 214 g/mol. The highest BCUT2D eigenvalue weighted by Gasteiger charge is 2.10. The van der Waals surface area contributed by atoms with E-state index in [4.69, 9.17) is 16.0 Å². The number of rotatable bonds is 6.